The zero-order valence-electron chi connectivity index (χ0n) is 15.0. The first-order valence-electron chi connectivity index (χ1n) is 8.68. The SMILES string of the molecule is Cc1nn(-c2ccccc2)c(C)c1CNC(=O)CCN1C(=O)CCC1=O. The average molecular weight is 354 g/mol. The minimum absolute atomic E-state index is 0.113. The predicted molar refractivity (Wildman–Crippen MR) is 95.5 cm³/mol. The number of rotatable bonds is 6. The van der Waals surface area contributed by atoms with Crippen LogP contribution in [0.1, 0.15) is 36.2 Å². The molecule has 26 heavy (non-hydrogen) atoms. The van der Waals surface area contributed by atoms with Gasteiger partial charge in [0.05, 0.1) is 11.4 Å². The van der Waals surface area contributed by atoms with Crippen molar-refractivity contribution >= 4 is 17.7 Å². The van der Waals surface area contributed by atoms with Crippen molar-refractivity contribution in [1.82, 2.24) is 20.0 Å². The molecule has 1 N–H and O–H groups in total. The van der Waals surface area contributed by atoms with E-state index in [-0.39, 0.29) is 43.5 Å². The molecule has 1 aromatic carbocycles. The van der Waals surface area contributed by atoms with Crippen LogP contribution in [-0.4, -0.2) is 38.9 Å². The number of nitrogens with zero attached hydrogens (tertiary/aromatic N) is 3. The predicted octanol–water partition coefficient (Wildman–Crippen LogP) is 1.64. The van der Waals surface area contributed by atoms with Crippen LogP contribution in [0.3, 0.4) is 0 Å². The van der Waals surface area contributed by atoms with E-state index in [1.165, 1.54) is 4.90 Å². The molecule has 0 spiro atoms. The van der Waals surface area contributed by atoms with Crippen molar-refractivity contribution in [2.75, 3.05) is 6.54 Å². The summed E-state index contributed by atoms with van der Waals surface area (Å²) in [4.78, 5) is 36.4. The number of nitrogens with one attached hydrogen (secondary N) is 1. The number of carbonyl (C=O) groups is 3. The van der Waals surface area contributed by atoms with Crippen LogP contribution >= 0.6 is 0 Å². The Hall–Kier alpha value is -2.96. The Morgan fingerprint density at radius 2 is 1.77 bits per heavy atom. The van der Waals surface area contributed by atoms with Crippen molar-refractivity contribution in [3.8, 4) is 5.69 Å². The molecule has 1 aliphatic rings. The number of carbonyl (C=O) groups excluding carboxylic acids is 3. The molecule has 0 atom stereocenters. The Kier molecular flexibility index (Phi) is 5.16. The van der Waals surface area contributed by atoms with E-state index in [1.807, 2.05) is 48.9 Å². The fourth-order valence-electron chi connectivity index (χ4n) is 3.11. The zero-order chi connectivity index (χ0) is 18.7. The highest BCUT2D eigenvalue weighted by Gasteiger charge is 2.28. The van der Waals surface area contributed by atoms with E-state index in [0.29, 0.717) is 6.54 Å². The van der Waals surface area contributed by atoms with Gasteiger partial charge in [-0.3, -0.25) is 19.3 Å². The van der Waals surface area contributed by atoms with E-state index >= 15 is 0 Å². The molecule has 0 aliphatic carbocycles. The summed E-state index contributed by atoms with van der Waals surface area (Å²) >= 11 is 0. The Morgan fingerprint density at radius 3 is 2.42 bits per heavy atom. The summed E-state index contributed by atoms with van der Waals surface area (Å²) in [7, 11) is 0. The first kappa shape index (κ1) is 17.8. The van der Waals surface area contributed by atoms with Crippen LogP contribution in [0.25, 0.3) is 5.69 Å². The third kappa shape index (κ3) is 3.66. The van der Waals surface area contributed by atoms with Crippen molar-refractivity contribution in [2.45, 2.75) is 39.7 Å². The van der Waals surface area contributed by atoms with Crippen molar-refractivity contribution < 1.29 is 14.4 Å². The number of amides is 3. The van der Waals surface area contributed by atoms with E-state index in [1.54, 1.807) is 0 Å². The minimum Gasteiger partial charge on any atom is -0.352 e. The second kappa shape index (κ2) is 7.51. The smallest absolute Gasteiger partial charge is 0.229 e. The Labute approximate surface area is 152 Å². The molecule has 0 radical (unpaired) electrons. The Balaban J connectivity index is 1.59. The molecular weight excluding hydrogens is 332 g/mol. The lowest BCUT2D eigenvalue weighted by Gasteiger charge is -2.13. The molecule has 2 aromatic rings. The van der Waals surface area contributed by atoms with E-state index < -0.39 is 0 Å². The summed E-state index contributed by atoms with van der Waals surface area (Å²) in [6, 6.07) is 9.81. The molecule has 3 amide bonds. The average Bonchev–Trinajstić information content (AvgIpc) is 3.11. The molecule has 2 heterocycles. The summed E-state index contributed by atoms with van der Waals surface area (Å²) in [5.41, 5.74) is 3.77. The standard InChI is InChI=1S/C19H22N4O3/c1-13-16(14(2)23(21-13)15-6-4-3-5-7-15)12-20-17(24)10-11-22-18(25)8-9-19(22)26/h3-7H,8-12H2,1-2H3,(H,20,24). The van der Waals surface area contributed by atoms with Crippen molar-refractivity contribution in [1.29, 1.82) is 0 Å². The molecule has 136 valence electrons. The highest BCUT2D eigenvalue weighted by Crippen LogP contribution is 2.17. The first-order chi connectivity index (χ1) is 12.5. The molecule has 7 heteroatoms. The number of likely N-dealkylation sites (tertiary alicyclic amines) is 1. The molecule has 1 saturated heterocycles. The maximum atomic E-state index is 12.1. The quantitative estimate of drug-likeness (QED) is 0.800. The Bertz CT molecular complexity index is 826. The van der Waals surface area contributed by atoms with Crippen LogP contribution in [0.4, 0.5) is 0 Å². The largest absolute Gasteiger partial charge is 0.352 e. The van der Waals surface area contributed by atoms with Gasteiger partial charge in [-0.1, -0.05) is 18.2 Å². The summed E-state index contributed by atoms with van der Waals surface area (Å²) in [6.45, 7) is 4.39. The first-order valence-corrected chi connectivity index (χ1v) is 8.68. The lowest BCUT2D eigenvalue weighted by Crippen LogP contribution is -2.34. The highest BCUT2D eigenvalue weighted by molar-refractivity contribution is 6.02. The number of aromatic nitrogens is 2. The molecular formula is C19H22N4O3. The van der Waals surface area contributed by atoms with Crippen molar-refractivity contribution in [2.24, 2.45) is 0 Å². The third-order valence-electron chi connectivity index (χ3n) is 4.62. The van der Waals surface area contributed by atoms with Gasteiger partial charge in [-0.15, -0.1) is 0 Å². The van der Waals surface area contributed by atoms with Gasteiger partial charge >= 0.3 is 0 Å². The molecule has 0 saturated carbocycles. The van der Waals surface area contributed by atoms with Gasteiger partial charge in [0.1, 0.15) is 0 Å². The fourth-order valence-corrected chi connectivity index (χ4v) is 3.11. The number of hydrogen-bond acceptors (Lipinski definition) is 4. The van der Waals surface area contributed by atoms with Crippen LogP contribution in [0.15, 0.2) is 30.3 Å². The summed E-state index contributed by atoms with van der Waals surface area (Å²) in [5.74, 6) is -0.582. The third-order valence-corrected chi connectivity index (χ3v) is 4.62. The molecule has 1 aromatic heterocycles. The van der Waals surface area contributed by atoms with Gasteiger partial charge in [-0.25, -0.2) is 4.68 Å². The zero-order valence-corrected chi connectivity index (χ0v) is 15.0. The normalized spacial score (nSPS) is 14.2. The monoisotopic (exact) mass is 354 g/mol. The number of para-hydroxylation sites is 1. The van der Waals surface area contributed by atoms with Crippen LogP contribution in [0, 0.1) is 13.8 Å². The summed E-state index contributed by atoms with van der Waals surface area (Å²) < 4.78 is 1.86. The number of aryl methyl sites for hydroxylation is 1. The van der Waals surface area contributed by atoms with E-state index in [2.05, 4.69) is 10.4 Å². The van der Waals surface area contributed by atoms with Gasteiger partial charge in [0.15, 0.2) is 0 Å². The van der Waals surface area contributed by atoms with E-state index in [9.17, 15) is 14.4 Å². The number of imide groups is 1. The lowest BCUT2D eigenvalue weighted by molar-refractivity contribution is -0.138. The molecule has 1 aliphatic heterocycles. The minimum atomic E-state index is -0.196. The number of benzene rings is 1. The number of hydrogen-bond donors (Lipinski definition) is 1. The van der Waals surface area contributed by atoms with Crippen molar-refractivity contribution in [3.63, 3.8) is 0 Å². The van der Waals surface area contributed by atoms with Gasteiger partial charge in [0, 0.05) is 43.6 Å². The van der Waals surface area contributed by atoms with Gasteiger partial charge in [0.2, 0.25) is 17.7 Å². The molecule has 3 rings (SSSR count). The van der Waals surface area contributed by atoms with Crippen LogP contribution in [0.5, 0.6) is 0 Å². The van der Waals surface area contributed by atoms with E-state index in [4.69, 9.17) is 0 Å². The van der Waals surface area contributed by atoms with Crippen molar-refractivity contribution in [3.05, 3.63) is 47.3 Å². The van der Waals surface area contributed by atoms with Crippen LogP contribution in [0.2, 0.25) is 0 Å². The highest BCUT2D eigenvalue weighted by atomic mass is 16.2. The van der Waals surface area contributed by atoms with Gasteiger partial charge in [-0.05, 0) is 26.0 Å². The van der Waals surface area contributed by atoms with Crippen LogP contribution in [-0.2, 0) is 20.9 Å². The van der Waals surface area contributed by atoms with Gasteiger partial charge in [0.25, 0.3) is 0 Å². The molecule has 1 fully saturated rings. The fraction of sp³-hybridized carbons (Fsp3) is 0.368. The lowest BCUT2D eigenvalue weighted by atomic mass is 10.2. The van der Waals surface area contributed by atoms with Gasteiger partial charge < -0.3 is 5.32 Å². The summed E-state index contributed by atoms with van der Waals surface area (Å²) in [6.07, 6.45) is 0.609. The second-order valence-electron chi connectivity index (χ2n) is 6.36. The second-order valence-corrected chi connectivity index (χ2v) is 6.36. The van der Waals surface area contributed by atoms with Gasteiger partial charge in [-0.2, -0.15) is 5.10 Å². The molecule has 0 bridgehead atoms. The maximum Gasteiger partial charge on any atom is 0.229 e. The van der Waals surface area contributed by atoms with E-state index in [0.717, 1.165) is 22.6 Å². The molecule has 7 nitrogen and oxygen atoms in total. The summed E-state index contributed by atoms with van der Waals surface area (Å²) in [5, 5.41) is 7.41. The Morgan fingerprint density at radius 1 is 1.12 bits per heavy atom. The molecule has 0 unspecified atom stereocenters. The van der Waals surface area contributed by atoms with Crippen LogP contribution < -0.4 is 5.32 Å². The maximum absolute atomic E-state index is 12.1. The topological polar surface area (TPSA) is 84.3 Å².